The highest BCUT2D eigenvalue weighted by molar-refractivity contribution is 7.07. The summed E-state index contributed by atoms with van der Waals surface area (Å²) in [7, 11) is 1.82. The van der Waals surface area contributed by atoms with Gasteiger partial charge >= 0.3 is 6.03 Å². The van der Waals surface area contributed by atoms with Gasteiger partial charge in [-0.3, -0.25) is 0 Å². The maximum Gasteiger partial charge on any atom is 0.320 e. The molecule has 0 atom stereocenters. The molecule has 1 aromatic rings. The van der Waals surface area contributed by atoms with E-state index in [4.69, 9.17) is 0 Å². The van der Waals surface area contributed by atoms with Crippen molar-refractivity contribution in [3.63, 3.8) is 0 Å². The van der Waals surface area contributed by atoms with Crippen molar-refractivity contribution in [1.82, 2.24) is 20.1 Å². The van der Waals surface area contributed by atoms with E-state index in [1.165, 1.54) is 0 Å². The van der Waals surface area contributed by atoms with E-state index in [2.05, 4.69) is 10.3 Å². The number of aromatic nitrogens is 1. The Morgan fingerprint density at radius 2 is 2.38 bits per heavy atom. The molecule has 1 aliphatic heterocycles. The third-order valence-electron chi connectivity index (χ3n) is 2.60. The van der Waals surface area contributed by atoms with E-state index in [-0.39, 0.29) is 6.03 Å². The zero-order valence-corrected chi connectivity index (χ0v) is 10.2. The number of piperazine rings is 1. The number of carbonyl (C=O) groups is 1. The third-order valence-corrected chi connectivity index (χ3v) is 3.23. The summed E-state index contributed by atoms with van der Waals surface area (Å²) in [6, 6.07) is 0.0921. The molecule has 2 heterocycles. The van der Waals surface area contributed by atoms with Gasteiger partial charge in [0, 0.05) is 38.6 Å². The summed E-state index contributed by atoms with van der Waals surface area (Å²) in [4.78, 5) is 19.8. The molecular weight excluding hydrogens is 224 g/mol. The number of nitrogens with one attached hydrogen (secondary N) is 1. The van der Waals surface area contributed by atoms with Crippen molar-refractivity contribution in [2.24, 2.45) is 0 Å². The Kier molecular flexibility index (Phi) is 3.74. The highest BCUT2D eigenvalue weighted by Gasteiger charge is 2.19. The van der Waals surface area contributed by atoms with E-state index in [1.807, 2.05) is 17.3 Å². The van der Waals surface area contributed by atoms with Crippen LogP contribution in [0.5, 0.6) is 0 Å². The van der Waals surface area contributed by atoms with Crippen molar-refractivity contribution >= 4 is 17.4 Å². The summed E-state index contributed by atoms with van der Waals surface area (Å²) < 4.78 is 0. The zero-order chi connectivity index (χ0) is 11.4. The second-order valence-corrected chi connectivity index (χ2v) is 4.57. The second-order valence-electron chi connectivity index (χ2n) is 3.86. The summed E-state index contributed by atoms with van der Waals surface area (Å²) in [5, 5.41) is 5.20. The van der Waals surface area contributed by atoms with Crippen LogP contribution in [0, 0.1) is 0 Å². The van der Waals surface area contributed by atoms with Crippen LogP contribution in [0.25, 0.3) is 0 Å². The average molecular weight is 240 g/mol. The van der Waals surface area contributed by atoms with Gasteiger partial charge < -0.3 is 15.1 Å². The minimum absolute atomic E-state index is 0.0921. The number of amides is 2. The van der Waals surface area contributed by atoms with Gasteiger partial charge in [0.2, 0.25) is 0 Å². The summed E-state index contributed by atoms with van der Waals surface area (Å²) in [5.41, 5.74) is 2.74. The Morgan fingerprint density at radius 3 is 3.00 bits per heavy atom. The molecule has 2 amide bonds. The number of hydrogen-bond acceptors (Lipinski definition) is 4. The SMILES string of the molecule is CN(Cc1cscn1)C(=O)N1CCNCC1. The molecule has 0 saturated carbocycles. The van der Waals surface area contributed by atoms with Gasteiger partial charge in [-0.1, -0.05) is 0 Å². The minimum atomic E-state index is 0.0921. The first-order valence-corrected chi connectivity index (χ1v) is 6.29. The monoisotopic (exact) mass is 240 g/mol. The van der Waals surface area contributed by atoms with Crippen LogP contribution in [0.15, 0.2) is 10.9 Å². The molecule has 5 nitrogen and oxygen atoms in total. The van der Waals surface area contributed by atoms with Gasteiger partial charge in [0.05, 0.1) is 17.7 Å². The largest absolute Gasteiger partial charge is 0.322 e. The lowest BCUT2D eigenvalue weighted by molar-refractivity contribution is 0.154. The molecule has 0 aromatic carbocycles. The average Bonchev–Trinajstić information content (AvgIpc) is 2.82. The van der Waals surface area contributed by atoms with Crippen LogP contribution in [0.2, 0.25) is 0 Å². The number of hydrogen-bond donors (Lipinski definition) is 1. The van der Waals surface area contributed by atoms with E-state index in [1.54, 1.807) is 21.7 Å². The predicted molar refractivity (Wildman–Crippen MR) is 63.4 cm³/mol. The Labute approximate surface area is 99.1 Å². The predicted octanol–water partition coefficient (Wildman–Crippen LogP) is 0.600. The second kappa shape index (κ2) is 5.27. The van der Waals surface area contributed by atoms with Crippen molar-refractivity contribution in [1.29, 1.82) is 0 Å². The molecule has 1 fully saturated rings. The topological polar surface area (TPSA) is 48.5 Å². The number of carbonyl (C=O) groups excluding carboxylic acids is 1. The zero-order valence-electron chi connectivity index (χ0n) is 9.35. The Bertz CT molecular complexity index is 335. The smallest absolute Gasteiger partial charge is 0.320 e. The number of rotatable bonds is 2. The van der Waals surface area contributed by atoms with Crippen LogP contribution >= 0.6 is 11.3 Å². The molecule has 1 saturated heterocycles. The van der Waals surface area contributed by atoms with E-state index < -0.39 is 0 Å². The molecule has 0 bridgehead atoms. The molecule has 16 heavy (non-hydrogen) atoms. The van der Waals surface area contributed by atoms with Crippen LogP contribution in [0.3, 0.4) is 0 Å². The van der Waals surface area contributed by atoms with Crippen LogP contribution in [-0.4, -0.2) is 54.0 Å². The van der Waals surface area contributed by atoms with Gasteiger partial charge in [-0.05, 0) is 0 Å². The lowest BCUT2D eigenvalue weighted by Crippen LogP contribution is -2.50. The van der Waals surface area contributed by atoms with Crippen LogP contribution in [-0.2, 0) is 6.54 Å². The molecule has 1 N–H and O–H groups in total. The maximum atomic E-state index is 12.0. The fourth-order valence-corrected chi connectivity index (χ4v) is 2.27. The first kappa shape index (κ1) is 11.3. The summed E-state index contributed by atoms with van der Waals surface area (Å²) in [6.45, 7) is 3.94. The molecule has 6 heteroatoms. The van der Waals surface area contributed by atoms with Crippen molar-refractivity contribution in [3.05, 3.63) is 16.6 Å². The highest BCUT2D eigenvalue weighted by atomic mass is 32.1. The molecule has 88 valence electrons. The maximum absolute atomic E-state index is 12.0. The van der Waals surface area contributed by atoms with E-state index in [0.29, 0.717) is 6.54 Å². The lowest BCUT2D eigenvalue weighted by Gasteiger charge is -2.31. The van der Waals surface area contributed by atoms with Gasteiger partial charge in [0.1, 0.15) is 0 Å². The first-order valence-electron chi connectivity index (χ1n) is 5.35. The number of nitrogens with zero attached hydrogens (tertiary/aromatic N) is 3. The summed E-state index contributed by atoms with van der Waals surface area (Å²) in [6.07, 6.45) is 0. The van der Waals surface area contributed by atoms with Crippen LogP contribution < -0.4 is 5.32 Å². The van der Waals surface area contributed by atoms with Crippen molar-refractivity contribution < 1.29 is 4.79 Å². The molecule has 0 aliphatic carbocycles. The van der Waals surface area contributed by atoms with Crippen molar-refractivity contribution in [2.75, 3.05) is 33.2 Å². The van der Waals surface area contributed by atoms with Gasteiger partial charge in [0.25, 0.3) is 0 Å². The van der Waals surface area contributed by atoms with Gasteiger partial charge in [-0.25, -0.2) is 9.78 Å². The van der Waals surface area contributed by atoms with Crippen LogP contribution in [0.4, 0.5) is 4.79 Å². The number of urea groups is 1. The molecule has 1 aromatic heterocycles. The highest BCUT2D eigenvalue weighted by Crippen LogP contribution is 2.06. The fraction of sp³-hybridized carbons (Fsp3) is 0.600. The Hall–Kier alpha value is -1.14. The van der Waals surface area contributed by atoms with Gasteiger partial charge in [-0.2, -0.15) is 0 Å². The quantitative estimate of drug-likeness (QED) is 0.823. The molecule has 0 unspecified atom stereocenters. The van der Waals surface area contributed by atoms with Crippen molar-refractivity contribution in [3.8, 4) is 0 Å². The first-order chi connectivity index (χ1) is 7.77. The fourth-order valence-electron chi connectivity index (χ4n) is 1.72. The van der Waals surface area contributed by atoms with Gasteiger partial charge in [-0.15, -0.1) is 11.3 Å². The third kappa shape index (κ3) is 2.70. The molecule has 0 spiro atoms. The molecule has 2 rings (SSSR count). The Balaban J connectivity index is 1.88. The Morgan fingerprint density at radius 1 is 1.62 bits per heavy atom. The number of thiazole rings is 1. The molecule has 1 aliphatic rings. The summed E-state index contributed by atoms with van der Waals surface area (Å²) in [5.74, 6) is 0. The lowest BCUT2D eigenvalue weighted by atomic mass is 10.4. The van der Waals surface area contributed by atoms with E-state index >= 15 is 0 Å². The van der Waals surface area contributed by atoms with E-state index in [9.17, 15) is 4.79 Å². The summed E-state index contributed by atoms with van der Waals surface area (Å²) >= 11 is 1.56. The molecular formula is C10H16N4OS. The standard InChI is InChI=1S/C10H16N4OS/c1-13(6-9-7-16-8-12-9)10(15)14-4-2-11-3-5-14/h7-8,11H,2-6H2,1H3. The molecule has 0 radical (unpaired) electrons. The van der Waals surface area contributed by atoms with E-state index in [0.717, 1.165) is 31.9 Å². The van der Waals surface area contributed by atoms with Crippen molar-refractivity contribution in [2.45, 2.75) is 6.54 Å². The minimum Gasteiger partial charge on any atom is -0.322 e. The van der Waals surface area contributed by atoms with Crippen LogP contribution in [0.1, 0.15) is 5.69 Å². The van der Waals surface area contributed by atoms with Gasteiger partial charge in [0.15, 0.2) is 0 Å². The normalized spacial score (nSPS) is 16.2.